The van der Waals surface area contributed by atoms with E-state index in [0.29, 0.717) is 11.3 Å². The van der Waals surface area contributed by atoms with Crippen molar-refractivity contribution in [3.63, 3.8) is 0 Å². The van der Waals surface area contributed by atoms with Gasteiger partial charge in [-0.2, -0.15) is 0 Å². The van der Waals surface area contributed by atoms with E-state index in [9.17, 15) is 4.79 Å². The van der Waals surface area contributed by atoms with Gasteiger partial charge in [0.15, 0.2) is 0 Å². The molecular formula is C20H15BrCuN2O2S. The van der Waals surface area contributed by atoms with Crippen molar-refractivity contribution in [3.8, 4) is 0 Å². The summed E-state index contributed by atoms with van der Waals surface area (Å²) in [7, 11) is 0. The van der Waals surface area contributed by atoms with Crippen LogP contribution in [0.2, 0.25) is 0 Å². The van der Waals surface area contributed by atoms with E-state index in [0.717, 1.165) is 10.2 Å². The van der Waals surface area contributed by atoms with E-state index in [-0.39, 0.29) is 22.2 Å². The zero-order valence-electron chi connectivity index (χ0n) is 13.9. The molecule has 0 amide bonds. The molecule has 4 nitrogen and oxygen atoms in total. The molecule has 1 radical (unpaired) electrons. The largest absolute Gasteiger partial charge is 0.363 e. The Balaban J connectivity index is 0.00000261. The summed E-state index contributed by atoms with van der Waals surface area (Å²) in [6, 6.07) is 25.6. The number of nitrogens with zero attached hydrogens (tertiary/aromatic N) is 1. The van der Waals surface area contributed by atoms with Gasteiger partial charge in [0.05, 0.1) is 11.3 Å². The molecule has 0 bridgehead atoms. The zero-order valence-corrected chi connectivity index (χ0v) is 17.3. The van der Waals surface area contributed by atoms with Crippen LogP contribution in [0, 0.1) is 0 Å². The van der Waals surface area contributed by atoms with Crippen molar-refractivity contribution < 1.29 is 26.7 Å². The fourth-order valence-electron chi connectivity index (χ4n) is 2.19. The first kappa shape index (κ1) is 21.1. The van der Waals surface area contributed by atoms with Gasteiger partial charge in [-0.15, -0.1) is 5.06 Å². The van der Waals surface area contributed by atoms with Crippen molar-refractivity contribution in [3.05, 3.63) is 95.0 Å². The fraction of sp³-hybridized carbons (Fsp3) is 0. The third kappa shape index (κ3) is 5.91. The van der Waals surface area contributed by atoms with Crippen LogP contribution in [0.25, 0.3) is 0 Å². The minimum atomic E-state index is -0.501. The molecule has 0 atom stereocenters. The van der Waals surface area contributed by atoms with E-state index >= 15 is 0 Å². The van der Waals surface area contributed by atoms with Crippen LogP contribution in [0.5, 0.6) is 0 Å². The summed E-state index contributed by atoms with van der Waals surface area (Å²) >= 11 is 8.81. The molecule has 0 aliphatic rings. The number of rotatable bonds is 3. The van der Waals surface area contributed by atoms with Gasteiger partial charge in [0.1, 0.15) is 0 Å². The first-order chi connectivity index (χ1) is 12.6. The summed E-state index contributed by atoms with van der Waals surface area (Å²) in [5.74, 6) is -0.501. The Bertz CT molecular complexity index is 893. The fourth-order valence-corrected chi connectivity index (χ4v) is 2.72. The van der Waals surface area contributed by atoms with Gasteiger partial charge >= 0.3 is 5.97 Å². The number of para-hydroxylation sites is 2. The molecule has 3 rings (SSSR count). The maximum atomic E-state index is 12.5. The molecule has 3 aromatic rings. The summed E-state index contributed by atoms with van der Waals surface area (Å²) < 4.78 is 0.884. The molecule has 1 N–H and O–H groups in total. The second kappa shape index (κ2) is 10.2. The summed E-state index contributed by atoms with van der Waals surface area (Å²) in [6.45, 7) is 0. The predicted molar refractivity (Wildman–Crippen MR) is 111 cm³/mol. The van der Waals surface area contributed by atoms with Gasteiger partial charge in [0, 0.05) is 27.2 Å². The van der Waals surface area contributed by atoms with Crippen LogP contribution in [-0.4, -0.2) is 11.1 Å². The average Bonchev–Trinajstić information content (AvgIpc) is 2.68. The van der Waals surface area contributed by atoms with Crippen LogP contribution < -0.4 is 10.4 Å². The Morgan fingerprint density at radius 1 is 0.889 bits per heavy atom. The first-order valence-corrected chi connectivity index (χ1v) is 9.03. The maximum Gasteiger partial charge on any atom is 0.363 e. The Morgan fingerprint density at radius 3 is 2.04 bits per heavy atom. The van der Waals surface area contributed by atoms with Gasteiger partial charge in [-0.05, 0) is 60.7 Å². The van der Waals surface area contributed by atoms with Crippen LogP contribution in [0.3, 0.4) is 0 Å². The average molecular weight is 491 g/mol. The minimum absolute atomic E-state index is 0. The van der Waals surface area contributed by atoms with Gasteiger partial charge in [-0.3, -0.25) is 0 Å². The van der Waals surface area contributed by atoms with E-state index in [1.807, 2.05) is 60.7 Å². The van der Waals surface area contributed by atoms with Crippen LogP contribution >= 0.6 is 28.1 Å². The normalized spacial score (nSPS) is 9.67. The Hall–Kier alpha value is -2.18. The molecule has 0 heterocycles. The molecule has 0 aliphatic heterocycles. The summed E-state index contributed by atoms with van der Waals surface area (Å²) in [5, 5.41) is 4.65. The molecule has 7 heteroatoms. The van der Waals surface area contributed by atoms with Crippen molar-refractivity contribution in [2.75, 3.05) is 10.4 Å². The maximum absolute atomic E-state index is 12.5. The van der Waals surface area contributed by atoms with Crippen molar-refractivity contribution in [1.29, 1.82) is 0 Å². The number of anilines is 2. The second-order valence-corrected chi connectivity index (χ2v) is 6.61. The quantitative estimate of drug-likeness (QED) is 0.301. The van der Waals surface area contributed by atoms with Crippen molar-refractivity contribution in [2.45, 2.75) is 0 Å². The van der Waals surface area contributed by atoms with E-state index in [1.165, 1.54) is 5.06 Å². The van der Waals surface area contributed by atoms with Gasteiger partial charge < -0.3 is 10.2 Å². The van der Waals surface area contributed by atoms with Crippen LogP contribution in [-0.2, 0) is 21.9 Å². The van der Waals surface area contributed by atoms with Crippen molar-refractivity contribution in [2.24, 2.45) is 0 Å². The Morgan fingerprint density at radius 2 is 1.44 bits per heavy atom. The van der Waals surface area contributed by atoms with Gasteiger partial charge in [0.25, 0.3) is 0 Å². The molecule has 3 aromatic carbocycles. The Kier molecular flexibility index (Phi) is 8.00. The van der Waals surface area contributed by atoms with Crippen LogP contribution in [0.4, 0.5) is 11.4 Å². The number of benzene rings is 3. The molecular weight excluding hydrogens is 476 g/mol. The molecule has 0 spiro atoms. The molecule has 0 saturated carbocycles. The molecule has 27 heavy (non-hydrogen) atoms. The number of carbonyl (C=O) groups is 1. The molecule has 0 unspecified atom stereocenters. The van der Waals surface area contributed by atoms with Gasteiger partial charge in [-0.25, -0.2) is 4.79 Å². The number of nitrogens with one attached hydrogen (secondary N) is 1. The first-order valence-electron chi connectivity index (χ1n) is 7.82. The number of halogens is 1. The molecule has 0 aliphatic carbocycles. The number of thiocarbonyl (C=S) groups is 1. The van der Waals surface area contributed by atoms with E-state index in [2.05, 4.69) is 21.2 Å². The standard InChI is InChI=1S/C20H15BrN2O2S.Cu/c21-16-13-11-15(12-14-16)19(24)25-23(18-9-5-2-6-10-18)20(26)22-17-7-3-1-4-8-17;/h1-14H,(H,22,26);. The van der Waals surface area contributed by atoms with E-state index in [4.69, 9.17) is 17.1 Å². The third-order valence-electron chi connectivity index (χ3n) is 3.45. The summed E-state index contributed by atoms with van der Waals surface area (Å²) in [4.78, 5) is 18.1. The Labute approximate surface area is 182 Å². The minimum Gasteiger partial charge on any atom is -0.330 e. The van der Waals surface area contributed by atoms with E-state index < -0.39 is 5.97 Å². The number of carbonyl (C=O) groups excluding carboxylic acids is 1. The predicted octanol–water partition coefficient (Wildman–Crippen LogP) is 5.42. The van der Waals surface area contributed by atoms with Crippen LogP contribution in [0.1, 0.15) is 10.4 Å². The van der Waals surface area contributed by atoms with Crippen LogP contribution in [0.15, 0.2) is 89.4 Å². The molecule has 141 valence electrons. The molecule has 0 aromatic heterocycles. The number of hydrogen-bond acceptors (Lipinski definition) is 3. The summed E-state index contributed by atoms with van der Waals surface area (Å²) in [5.41, 5.74) is 1.88. The van der Waals surface area contributed by atoms with Crippen molar-refractivity contribution in [1.82, 2.24) is 0 Å². The monoisotopic (exact) mass is 489 g/mol. The molecule has 0 saturated heterocycles. The summed E-state index contributed by atoms with van der Waals surface area (Å²) in [6.07, 6.45) is 0. The van der Waals surface area contributed by atoms with Gasteiger partial charge in [-0.1, -0.05) is 52.3 Å². The zero-order chi connectivity index (χ0) is 18.4. The second-order valence-electron chi connectivity index (χ2n) is 5.31. The SMILES string of the molecule is O=C(ON(C(=S)Nc1ccccc1)c1ccccc1)c1ccc(Br)cc1.[Cu]. The topological polar surface area (TPSA) is 41.6 Å². The van der Waals surface area contributed by atoms with Gasteiger partial charge in [0.2, 0.25) is 5.11 Å². The molecule has 0 fully saturated rings. The number of hydrogen-bond donors (Lipinski definition) is 1. The smallest absolute Gasteiger partial charge is 0.330 e. The third-order valence-corrected chi connectivity index (χ3v) is 4.25. The number of hydroxylamine groups is 1. The van der Waals surface area contributed by atoms with E-state index in [1.54, 1.807) is 24.3 Å². The van der Waals surface area contributed by atoms with Crippen molar-refractivity contribution >= 4 is 50.6 Å².